The van der Waals surface area contributed by atoms with E-state index in [0.29, 0.717) is 18.2 Å². The Morgan fingerprint density at radius 2 is 2.22 bits per heavy atom. The van der Waals surface area contributed by atoms with Gasteiger partial charge in [-0.1, -0.05) is 5.16 Å². The van der Waals surface area contributed by atoms with Gasteiger partial charge in [0.2, 0.25) is 0 Å². The average molecular weight is 322 g/mol. The van der Waals surface area contributed by atoms with Crippen LogP contribution in [-0.4, -0.2) is 66.9 Å². The Balaban J connectivity index is 1.44. The van der Waals surface area contributed by atoms with Crippen LogP contribution in [-0.2, 0) is 11.3 Å². The zero-order valence-corrected chi connectivity index (χ0v) is 13.8. The van der Waals surface area contributed by atoms with Crippen molar-refractivity contribution < 1.29 is 14.1 Å². The molecule has 2 amide bonds. The van der Waals surface area contributed by atoms with Gasteiger partial charge in [0, 0.05) is 38.8 Å². The molecule has 0 aromatic carbocycles. The standard InChI is InChI=1S/C16H26N4O3/c1-13-9-15(23-18-13)10-17-16(21)20-4-2-3-14(12-20)11-19-5-7-22-8-6-19/h9,14H,2-8,10-12H2,1H3,(H,17,21)/t14-/m0/s1. The first-order valence-corrected chi connectivity index (χ1v) is 8.46. The quantitative estimate of drug-likeness (QED) is 0.903. The normalized spacial score (nSPS) is 23.0. The lowest BCUT2D eigenvalue weighted by atomic mass is 9.97. The maximum Gasteiger partial charge on any atom is 0.317 e. The highest BCUT2D eigenvalue weighted by Crippen LogP contribution is 2.18. The van der Waals surface area contributed by atoms with Gasteiger partial charge in [-0.15, -0.1) is 0 Å². The summed E-state index contributed by atoms with van der Waals surface area (Å²) in [5, 5.41) is 6.75. The average Bonchev–Trinajstić information content (AvgIpc) is 2.99. The lowest BCUT2D eigenvalue weighted by Crippen LogP contribution is -2.48. The summed E-state index contributed by atoms with van der Waals surface area (Å²) in [6, 6.07) is 1.84. The van der Waals surface area contributed by atoms with E-state index < -0.39 is 0 Å². The summed E-state index contributed by atoms with van der Waals surface area (Å²) in [6.45, 7) is 8.66. The van der Waals surface area contributed by atoms with Gasteiger partial charge in [-0.3, -0.25) is 4.90 Å². The van der Waals surface area contributed by atoms with E-state index in [-0.39, 0.29) is 6.03 Å². The topological polar surface area (TPSA) is 70.8 Å². The molecule has 7 nitrogen and oxygen atoms in total. The SMILES string of the molecule is Cc1cc(CNC(=O)N2CCC[C@@H](CN3CCOCC3)C2)on1. The maximum absolute atomic E-state index is 12.3. The van der Waals surface area contributed by atoms with Crippen LogP contribution in [0.2, 0.25) is 0 Å². The molecule has 0 radical (unpaired) electrons. The summed E-state index contributed by atoms with van der Waals surface area (Å²) in [6.07, 6.45) is 2.27. The monoisotopic (exact) mass is 322 g/mol. The van der Waals surface area contributed by atoms with Gasteiger partial charge < -0.3 is 19.5 Å². The Kier molecular flexibility index (Phi) is 5.51. The lowest BCUT2D eigenvalue weighted by Gasteiger charge is -2.36. The van der Waals surface area contributed by atoms with Gasteiger partial charge in [0.25, 0.3) is 0 Å². The molecule has 23 heavy (non-hydrogen) atoms. The van der Waals surface area contributed by atoms with E-state index in [1.807, 2.05) is 17.9 Å². The smallest absolute Gasteiger partial charge is 0.317 e. The van der Waals surface area contributed by atoms with Crippen LogP contribution < -0.4 is 5.32 Å². The molecule has 0 unspecified atom stereocenters. The number of carbonyl (C=O) groups excluding carboxylic acids is 1. The van der Waals surface area contributed by atoms with Crippen molar-refractivity contribution in [2.45, 2.75) is 26.3 Å². The molecular formula is C16H26N4O3. The van der Waals surface area contributed by atoms with Crippen molar-refractivity contribution in [3.05, 3.63) is 17.5 Å². The number of hydrogen-bond donors (Lipinski definition) is 1. The van der Waals surface area contributed by atoms with Crippen LogP contribution in [0.4, 0.5) is 4.79 Å². The summed E-state index contributed by atoms with van der Waals surface area (Å²) in [7, 11) is 0. The molecule has 3 rings (SSSR count). The van der Waals surface area contributed by atoms with E-state index in [0.717, 1.165) is 58.1 Å². The molecule has 128 valence electrons. The predicted octanol–water partition coefficient (Wildman–Crippen LogP) is 1.24. The van der Waals surface area contributed by atoms with Crippen LogP contribution in [0.3, 0.4) is 0 Å². The molecule has 0 saturated carbocycles. The number of aryl methyl sites for hydroxylation is 1. The molecule has 1 atom stereocenters. The molecule has 1 aromatic rings. The van der Waals surface area contributed by atoms with Crippen molar-refractivity contribution >= 4 is 6.03 Å². The molecule has 0 spiro atoms. The summed E-state index contributed by atoms with van der Waals surface area (Å²) in [5.41, 5.74) is 0.831. The number of nitrogens with zero attached hydrogens (tertiary/aromatic N) is 3. The molecule has 3 heterocycles. The highest BCUT2D eigenvalue weighted by molar-refractivity contribution is 5.74. The number of likely N-dealkylation sites (tertiary alicyclic amines) is 1. The fourth-order valence-corrected chi connectivity index (χ4v) is 3.32. The van der Waals surface area contributed by atoms with Gasteiger partial charge in [-0.2, -0.15) is 0 Å². The van der Waals surface area contributed by atoms with Crippen molar-refractivity contribution in [1.82, 2.24) is 20.3 Å². The van der Waals surface area contributed by atoms with Crippen molar-refractivity contribution in [1.29, 1.82) is 0 Å². The molecule has 2 aliphatic rings. The Morgan fingerprint density at radius 3 is 2.96 bits per heavy atom. The van der Waals surface area contributed by atoms with Gasteiger partial charge in [0.15, 0.2) is 5.76 Å². The molecular weight excluding hydrogens is 296 g/mol. The second-order valence-electron chi connectivity index (χ2n) is 6.46. The molecule has 2 saturated heterocycles. The first-order valence-electron chi connectivity index (χ1n) is 8.46. The van der Waals surface area contributed by atoms with E-state index in [1.54, 1.807) is 0 Å². The lowest BCUT2D eigenvalue weighted by molar-refractivity contribution is 0.0249. The third-order valence-corrected chi connectivity index (χ3v) is 4.52. The third-order valence-electron chi connectivity index (χ3n) is 4.52. The summed E-state index contributed by atoms with van der Waals surface area (Å²) >= 11 is 0. The summed E-state index contributed by atoms with van der Waals surface area (Å²) < 4.78 is 10.5. The number of rotatable bonds is 4. The number of aromatic nitrogens is 1. The number of morpholine rings is 1. The minimum Gasteiger partial charge on any atom is -0.379 e. The van der Waals surface area contributed by atoms with E-state index in [9.17, 15) is 4.79 Å². The first kappa shape index (κ1) is 16.3. The molecule has 1 aromatic heterocycles. The molecule has 2 aliphatic heterocycles. The molecule has 2 fully saturated rings. The largest absolute Gasteiger partial charge is 0.379 e. The number of ether oxygens (including phenoxy) is 1. The zero-order chi connectivity index (χ0) is 16.1. The molecule has 0 bridgehead atoms. The maximum atomic E-state index is 12.3. The Labute approximate surface area is 136 Å². The van der Waals surface area contributed by atoms with E-state index in [1.165, 1.54) is 6.42 Å². The van der Waals surface area contributed by atoms with E-state index in [2.05, 4.69) is 15.4 Å². The van der Waals surface area contributed by atoms with E-state index >= 15 is 0 Å². The summed E-state index contributed by atoms with van der Waals surface area (Å²) in [4.78, 5) is 16.7. The van der Waals surface area contributed by atoms with Gasteiger partial charge in [0.05, 0.1) is 25.5 Å². The highest BCUT2D eigenvalue weighted by atomic mass is 16.5. The third kappa shape index (κ3) is 4.68. The van der Waals surface area contributed by atoms with E-state index in [4.69, 9.17) is 9.26 Å². The minimum atomic E-state index is -0.00858. The van der Waals surface area contributed by atoms with Gasteiger partial charge >= 0.3 is 6.03 Å². The predicted molar refractivity (Wildman–Crippen MR) is 85.0 cm³/mol. The molecule has 0 aliphatic carbocycles. The van der Waals surface area contributed by atoms with Crippen LogP contribution in [0.5, 0.6) is 0 Å². The fraction of sp³-hybridized carbons (Fsp3) is 0.750. The number of amides is 2. The second kappa shape index (κ2) is 7.79. The van der Waals surface area contributed by atoms with Crippen LogP contribution in [0, 0.1) is 12.8 Å². The number of hydrogen-bond acceptors (Lipinski definition) is 5. The highest BCUT2D eigenvalue weighted by Gasteiger charge is 2.25. The number of urea groups is 1. The van der Waals surface area contributed by atoms with Gasteiger partial charge in [0.1, 0.15) is 0 Å². The Bertz CT molecular complexity index is 513. The zero-order valence-electron chi connectivity index (χ0n) is 13.8. The Morgan fingerprint density at radius 1 is 1.39 bits per heavy atom. The van der Waals surface area contributed by atoms with Crippen LogP contribution in [0.15, 0.2) is 10.6 Å². The molecule has 7 heteroatoms. The van der Waals surface area contributed by atoms with Crippen molar-refractivity contribution in [2.75, 3.05) is 45.9 Å². The summed E-state index contributed by atoms with van der Waals surface area (Å²) in [5.74, 6) is 1.25. The minimum absolute atomic E-state index is 0.00858. The second-order valence-corrected chi connectivity index (χ2v) is 6.46. The fourth-order valence-electron chi connectivity index (χ4n) is 3.32. The van der Waals surface area contributed by atoms with Crippen molar-refractivity contribution in [2.24, 2.45) is 5.92 Å². The number of nitrogens with one attached hydrogen (secondary N) is 1. The van der Waals surface area contributed by atoms with Gasteiger partial charge in [-0.25, -0.2) is 4.79 Å². The number of carbonyl (C=O) groups is 1. The van der Waals surface area contributed by atoms with Crippen LogP contribution in [0.1, 0.15) is 24.3 Å². The first-order chi connectivity index (χ1) is 11.2. The van der Waals surface area contributed by atoms with Gasteiger partial charge in [-0.05, 0) is 25.7 Å². The van der Waals surface area contributed by atoms with Crippen LogP contribution in [0.25, 0.3) is 0 Å². The van der Waals surface area contributed by atoms with Crippen molar-refractivity contribution in [3.8, 4) is 0 Å². The number of piperidine rings is 1. The van der Waals surface area contributed by atoms with Crippen molar-refractivity contribution in [3.63, 3.8) is 0 Å². The Hall–Kier alpha value is -1.60. The van der Waals surface area contributed by atoms with Crippen LogP contribution >= 0.6 is 0 Å². The molecule has 1 N–H and O–H groups in total.